The Morgan fingerprint density at radius 2 is 1.97 bits per heavy atom. The van der Waals surface area contributed by atoms with Gasteiger partial charge in [0.25, 0.3) is 5.91 Å². The van der Waals surface area contributed by atoms with Crippen LogP contribution in [0.2, 0.25) is 0 Å². The van der Waals surface area contributed by atoms with Crippen LogP contribution in [-0.4, -0.2) is 41.1 Å². The maximum absolute atomic E-state index is 13.4. The molecule has 0 bridgehead atoms. The van der Waals surface area contributed by atoms with Gasteiger partial charge < -0.3 is 19.9 Å². The van der Waals surface area contributed by atoms with Crippen LogP contribution in [0.25, 0.3) is 6.08 Å². The van der Waals surface area contributed by atoms with Crippen LogP contribution < -0.4 is 14.8 Å². The predicted molar refractivity (Wildman–Crippen MR) is 112 cm³/mol. The molecule has 1 saturated heterocycles. The van der Waals surface area contributed by atoms with Crippen LogP contribution in [0.4, 0.5) is 9.18 Å². The summed E-state index contributed by atoms with van der Waals surface area (Å²) in [4.78, 5) is 35.7. The lowest BCUT2D eigenvalue weighted by atomic mass is 10.1. The number of hydrogen-bond donors (Lipinski definition) is 2. The Morgan fingerprint density at radius 1 is 1.23 bits per heavy atom. The second kappa shape index (κ2) is 9.61. The molecular formula is C21H18BrFN2O6. The van der Waals surface area contributed by atoms with Crippen LogP contribution in [0.3, 0.4) is 0 Å². The van der Waals surface area contributed by atoms with E-state index in [-0.39, 0.29) is 18.1 Å². The van der Waals surface area contributed by atoms with E-state index < -0.39 is 24.5 Å². The number of rotatable bonds is 8. The van der Waals surface area contributed by atoms with Gasteiger partial charge in [0, 0.05) is 4.47 Å². The van der Waals surface area contributed by atoms with E-state index in [0.29, 0.717) is 38.6 Å². The molecule has 2 aromatic carbocycles. The molecular weight excluding hydrogens is 475 g/mol. The SMILES string of the molecule is CCOc1cc(/C=C2/NC(=O)N(CC(=O)O)C2=O)c(Br)cc1OCc1cccc(F)c1. The van der Waals surface area contributed by atoms with Crippen molar-refractivity contribution in [3.63, 3.8) is 0 Å². The second-order valence-electron chi connectivity index (χ2n) is 6.45. The standard InChI is InChI=1S/C21H18BrFN2O6/c1-2-30-17-8-13(7-16-20(28)25(10-19(26)27)21(29)24-16)15(22)9-18(17)31-11-12-4-3-5-14(23)6-12/h3-9H,2,10-11H2,1H3,(H,24,29)(H,26,27)/b16-7+. The van der Waals surface area contributed by atoms with Crippen molar-refractivity contribution in [2.45, 2.75) is 13.5 Å². The number of imide groups is 1. The number of halogens is 2. The van der Waals surface area contributed by atoms with E-state index in [2.05, 4.69) is 21.2 Å². The monoisotopic (exact) mass is 492 g/mol. The van der Waals surface area contributed by atoms with Crippen molar-refractivity contribution in [3.05, 3.63) is 63.5 Å². The number of carboxylic acids is 1. The normalized spacial score (nSPS) is 14.7. The van der Waals surface area contributed by atoms with Gasteiger partial charge in [-0.15, -0.1) is 0 Å². The minimum Gasteiger partial charge on any atom is -0.490 e. The molecule has 2 N–H and O–H groups in total. The predicted octanol–water partition coefficient (Wildman–Crippen LogP) is 3.54. The second-order valence-corrected chi connectivity index (χ2v) is 7.30. The highest BCUT2D eigenvalue weighted by molar-refractivity contribution is 9.10. The average Bonchev–Trinajstić information content (AvgIpc) is 2.96. The van der Waals surface area contributed by atoms with Crippen molar-refractivity contribution in [2.75, 3.05) is 13.2 Å². The molecule has 1 aliphatic rings. The molecule has 31 heavy (non-hydrogen) atoms. The van der Waals surface area contributed by atoms with Gasteiger partial charge in [-0.25, -0.2) is 14.1 Å². The largest absolute Gasteiger partial charge is 0.490 e. The topological polar surface area (TPSA) is 105 Å². The summed E-state index contributed by atoms with van der Waals surface area (Å²) < 4.78 is 25.3. The minimum absolute atomic E-state index is 0.0668. The van der Waals surface area contributed by atoms with E-state index in [0.717, 1.165) is 0 Å². The molecule has 8 nitrogen and oxygen atoms in total. The summed E-state index contributed by atoms with van der Waals surface area (Å²) in [5.74, 6) is -1.63. The summed E-state index contributed by atoms with van der Waals surface area (Å²) in [5, 5.41) is 11.2. The molecule has 10 heteroatoms. The van der Waals surface area contributed by atoms with Crippen molar-refractivity contribution in [1.29, 1.82) is 0 Å². The Labute approximate surface area is 185 Å². The fraction of sp³-hybridized carbons (Fsp3) is 0.190. The van der Waals surface area contributed by atoms with E-state index in [1.54, 1.807) is 31.2 Å². The number of carboxylic acid groups (broad SMARTS) is 1. The molecule has 0 radical (unpaired) electrons. The fourth-order valence-corrected chi connectivity index (χ4v) is 3.27. The van der Waals surface area contributed by atoms with E-state index in [4.69, 9.17) is 14.6 Å². The van der Waals surface area contributed by atoms with Crippen molar-refractivity contribution in [3.8, 4) is 11.5 Å². The van der Waals surface area contributed by atoms with E-state index in [1.807, 2.05) is 0 Å². The van der Waals surface area contributed by atoms with Gasteiger partial charge >= 0.3 is 12.0 Å². The molecule has 0 aliphatic carbocycles. The summed E-state index contributed by atoms with van der Waals surface area (Å²) in [5.41, 5.74) is 1.08. The van der Waals surface area contributed by atoms with Gasteiger partial charge in [0.05, 0.1) is 6.61 Å². The van der Waals surface area contributed by atoms with Crippen LogP contribution in [-0.2, 0) is 16.2 Å². The fourth-order valence-electron chi connectivity index (χ4n) is 2.84. The van der Waals surface area contributed by atoms with Gasteiger partial charge in [-0.05, 0) is 48.4 Å². The van der Waals surface area contributed by atoms with E-state index in [9.17, 15) is 18.8 Å². The molecule has 0 unspecified atom stereocenters. The Balaban J connectivity index is 1.86. The first-order valence-electron chi connectivity index (χ1n) is 9.18. The summed E-state index contributed by atoms with van der Waals surface area (Å²) in [6.07, 6.45) is 1.41. The zero-order valence-electron chi connectivity index (χ0n) is 16.4. The van der Waals surface area contributed by atoms with Gasteiger partial charge in [0.15, 0.2) is 11.5 Å². The van der Waals surface area contributed by atoms with Crippen molar-refractivity contribution < 1.29 is 33.4 Å². The first-order chi connectivity index (χ1) is 14.8. The summed E-state index contributed by atoms with van der Waals surface area (Å²) in [7, 11) is 0. The third-order valence-electron chi connectivity index (χ3n) is 4.20. The highest BCUT2D eigenvalue weighted by atomic mass is 79.9. The first kappa shape index (κ1) is 22.3. The number of ether oxygens (including phenoxy) is 2. The number of aliphatic carboxylic acids is 1. The highest BCUT2D eigenvalue weighted by Gasteiger charge is 2.35. The van der Waals surface area contributed by atoms with Gasteiger partial charge in [-0.3, -0.25) is 9.59 Å². The third kappa shape index (κ3) is 5.40. The van der Waals surface area contributed by atoms with Crippen LogP contribution in [0.1, 0.15) is 18.1 Å². The Kier molecular flexibility index (Phi) is 6.91. The van der Waals surface area contributed by atoms with Crippen molar-refractivity contribution >= 4 is 39.9 Å². The molecule has 2 aromatic rings. The Morgan fingerprint density at radius 3 is 2.65 bits per heavy atom. The molecule has 0 aromatic heterocycles. The zero-order valence-corrected chi connectivity index (χ0v) is 17.9. The highest BCUT2D eigenvalue weighted by Crippen LogP contribution is 2.35. The minimum atomic E-state index is -1.30. The maximum atomic E-state index is 13.4. The van der Waals surface area contributed by atoms with Crippen LogP contribution in [0.15, 0.2) is 46.6 Å². The van der Waals surface area contributed by atoms with Crippen LogP contribution in [0.5, 0.6) is 11.5 Å². The van der Waals surface area contributed by atoms with Gasteiger partial charge in [0.1, 0.15) is 24.7 Å². The lowest BCUT2D eigenvalue weighted by molar-refractivity contribution is -0.140. The Bertz CT molecular complexity index is 1070. The van der Waals surface area contributed by atoms with Crippen LogP contribution in [0, 0.1) is 5.82 Å². The molecule has 0 spiro atoms. The van der Waals surface area contributed by atoms with Gasteiger partial charge in [-0.1, -0.05) is 28.1 Å². The average molecular weight is 493 g/mol. The number of nitrogens with zero attached hydrogens (tertiary/aromatic N) is 1. The Hall–Kier alpha value is -3.40. The van der Waals surface area contributed by atoms with Gasteiger partial charge in [0.2, 0.25) is 0 Å². The molecule has 1 heterocycles. The smallest absolute Gasteiger partial charge is 0.329 e. The molecule has 0 atom stereocenters. The molecule has 162 valence electrons. The number of urea groups is 1. The quantitative estimate of drug-likeness (QED) is 0.431. The lowest BCUT2D eigenvalue weighted by Gasteiger charge is -2.14. The van der Waals surface area contributed by atoms with Crippen LogP contribution >= 0.6 is 15.9 Å². The van der Waals surface area contributed by atoms with Crippen molar-refractivity contribution in [1.82, 2.24) is 10.2 Å². The number of nitrogens with one attached hydrogen (secondary N) is 1. The number of carbonyl (C=O) groups is 3. The summed E-state index contributed by atoms with van der Waals surface area (Å²) in [6, 6.07) is 8.46. The third-order valence-corrected chi connectivity index (χ3v) is 4.89. The van der Waals surface area contributed by atoms with Crippen molar-refractivity contribution in [2.24, 2.45) is 0 Å². The molecule has 3 amide bonds. The molecule has 0 saturated carbocycles. The van der Waals surface area contributed by atoms with E-state index >= 15 is 0 Å². The number of amides is 3. The lowest BCUT2D eigenvalue weighted by Crippen LogP contribution is -2.35. The number of benzene rings is 2. The number of hydrogen-bond acceptors (Lipinski definition) is 5. The summed E-state index contributed by atoms with van der Waals surface area (Å²) in [6.45, 7) is 1.51. The first-order valence-corrected chi connectivity index (χ1v) is 9.97. The summed E-state index contributed by atoms with van der Waals surface area (Å²) >= 11 is 3.40. The molecule has 3 rings (SSSR count). The molecule has 1 aliphatic heterocycles. The van der Waals surface area contributed by atoms with Gasteiger partial charge in [-0.2, -0.15) is 0 Å². The zero-order chi connectivity index (χ0) is 22.5. The van der Waals surface area contributed by atoms with E-state index in [1.165, 1.54) is 18.2 Å². The number of carbonyl (C=O) groups excluding carboxylic acids is 2. The maximum Gasteiger partial charge on any atom is 0.329 e. The molecule has 1 fully saturated rings.